The Balaban J connectivity index is 1.70. The van der Waals surface area contributed by atoms with Gasteiger partial charge < -0.3 is 14.8 Å². The van der Waals surface area contributed by atoms with Crippen LogP contribution < -0.4 is 14.8 Å². The van der Waals surface area contributed by atoms with Crippen molar-refractivity contribution in [1.29, 1.82) is 0 Å². The third-order valence-electron chi connectivity index (χ3n) is 2.95. The minimum absolute atomic E-state index is 0.0738. The van der Waals surface area contributed by atoms with E-state index >= 15 is 0 Å². The molecular weight excluding hydrogens is 316 g/mol. The number of carbonyl (C=O) groups excluding carboxylic acids is 1. The van der Waals surface area contributed by atoms with Crippen LogP contribution in [0.15, 0.2) is 60.7 Å². The third kappa shape index (κ3) is 6.48. The monoisotopic (exact) mass is 333 g/mol. The van der Waals surface area contributed by atoms with Crippen molar-refractivity contribution in [3.8, 4) is 11.5 Å². The zero-order valence-corrected chi connectivity index (χ0v) is 12.8. The van der Waals surface area contributed by atoms with Crippen LogP contribution in [-0.2, 0) is 4.79 Å². The lowest BCUT2D eigenvalue weighted by Crippen LogP contribution is -2.26. The molecule has 0 bridgehead atoms. The number of amides is 1. The lowest BCUT2D eigenvalue weighted by molar-refractivity contribution is -0.116. The number of ether oxygens (including phenoxy) is 2. The highest BCUT2D eigenvalue weighted by atomic mass is 19.3. The van der Waals surface area contributed by atoms with E-state index < -0.39 is 6.61 Å². The Bertz CT molecular complexity index is 658. The lowest BCUT2D eigenvalue weighted by Gasteiger charge is -2.06. The van der Waals surface area contributed by atoms with Gasteiger partial charge in [-0.2, -0.15) is 8.78 Å². The highest BCUT2D eigenvalue weighted by Crippen LogP contribution is 2.15. The maximum absolute atomic E-state index is 12.0. The first kappa shape index (κ1) is 17.5. The van der Waals surface area contributed by atoms with Crippen LogP contribution >= 0.6 is 0 Å². The predicted octanol–water partition coefficient (Wildman–Crippen LogP) is 3.50. The van der Waals surface area contributed by atoms with Gasteiger partial charge in [0.05, 0.1) is 6.54 Å². The molecule has 0 spiro atoms. The number of carbonyl (C=O) groups is 1. The zero-order valence-electron chi connectivity index (χ0n) is 12.8. The van der Waals surface area contributed by atoms with Crippen molar-refractivity contribution in [3.63, 3.8) is 0 Å². The fourth-order valence-electron chi connectivity index (χ4n) is 1.85. The van der Waals surface area contributed by atoms with Crippen molar-refractivity contribution < 1.29 is 23.0 Å². The van der Waals surface area contributed by atoms with Gasteiger partial charge in [-0.25, -0.2) is 0 Å². The van der Waals surface area contributed by atoms with Gasteiger partial charge in [0.15, 0.2) is 0 Å². The first-order chi connectivity index (χ1) is 11.6. The summed E-state index contributed by atoms with van der Waals surface area (Å²) in [7, 11) is 0. The molecule has 0 aromatic heterocycles. The molecule has 0 saturated carbocycles. The van der Waals surface area contributed by atoms with E-state index in [9.17, 15) is 13.6 Å². The summed E-state index contributed by atoms with van der Waals surface area (Å²) in [5.41, 5.74) is 0.701. The summed E-state index contributed by atoms with van der Waals surface area (Å²) in [6.45, 7) is -2.11. The highest BCUT2D eigenvalue weighted by molar-refractivity contribution is 5.91. The predicted molar refractivity (Wildman–Crippen MR) is 87.1 cm³/mol. The van der Waals surface area contributed by atoms with Gasteiger partial charge in [0.1, 0.15) is 18.1 Å². The molecule has 0 fully saturated rings. The van der Waals surface area contributed by atoms with E-state index in [4.69, 9.17) is 4.74 Å². The number of nitrogens with one attached hydrogen (secondary N) is 1. The first-order valence-corrected chi connectivity index (χ1v) is 7.32. The van der Waals surface area contributed by atoms with E-state index in [1.54, 1.807) is 18.2 Å². The van der Waals surface area contributed by atoms with Crippen molar-refractivity contribution in [3.05, 3.63) is 66.2 Å². The van der Waals surface area contributed by atoms with E-state index in [0.29, 0.717) is 18.7 Å². The Morgan fingerprint density at radius 2 is 1.75 bits per heavy atom. The second-order valence-electron chi connectivity index (χ2n) is 4.73. The Hall–Kier alpha value is -2.89. The van der Waals surface area contributed by atoms with Crippen LogP contribution in [0.3, 0.4) is 0 Å². The standard InChI is InChI=1S/C18H17F2NO3/c19-18(20)24-16-9-6-14(7-10-16)8-11-17(22)21-12-13-23-15-4-2-1-3-5-15/h1-11,18H,12-13H2,(H,21,22)/b11-8+. The fourth-order valence-corrected chi connectivity index (χ4v) is 1.85. The average molecular weight is 333 g/mol. The minimum atomic E-state index is -2.85. The molecule has 0 heterocycles. The van der Waals surface area contributed by atoms with E-state index in [1.165, 1.54) is 18.2 Å². The summed E-state index contributed by atoms with van der Waals surface area (Å²) in [6, 6.07) is 15.3. The Kier molecular flexibility index (Phi) is 6.76. The van der Waals surface area contributed by atoms with Gasteiger partial charge in [0.25, 0.3) is 0 Å². The molecular formula is C18H17F2NO3. The molecule has 0 aliphatic heterocycles. The molecule has 4 nitrogen and oxygen atoms in total. The largest absolute Gasteiger partial charge is 0.492 e. The van der Waals surface area contributed by atoms with Crippen LogP contribution in [0.2, 0.25) is 0 Å². The molecule has 2 aromatic carbocycles. The number of alkyl halides is 2. The van der Waals surface area contributed by atoms with E-state index in [0.717, 1.165) is 5.75 Å². The van der Waals surface area contributed by atoms with Crippen LogP contribution in [0.25, 0.3) is 6.08 Å². The van der Waals surface area contributed by atoms with Gasteiger partial charge >= 0.3 is 6.61 Å². The molecule has 0 aliphatic rings. The molecule has 2 rings (SSSR count). The minimum Gasteiger partial charge on any atom is -0.492 e. The van der Waals surface area contributed by atoms with Crippen LogP contribution in [0.4, 0.5) is 8.78 Å². The maximum atomic E-state index is 12.0. The number of rotatable bonds is 8. The maximum Gasteiger partial charge on any atom is 0.387 e. The summed E-state index contributed by atoms with van der Waals surface area (Å²) in [5.74, 6) is 0.553. The topological polar surface area (TPSA) is 47.6 Å². The average Bonchev–Trinajstić information content (AvgIpc) is 2.58. The van der Waals surface area contributed by atoms with Crippen molar-refractivity contribution in [2.75, 3.05) is 13.2 Å². The molecule has 0 unspecified atom stereocenters. The smallest absolute Gasteiger partial charge is 0.387 e. The molecule has 0 aliphatic carbocycles. The second-order valence-corrected chi connectivity index (χ2v) is 4.73. The molecule has 0 radical (unpaired) electrons. The molecule has 126 valence electrons. The normalized spacial score (nSPS) is 10.8. The Morgan fingerprint density at radius 3 is 2.42 bits per heavy atom. The van der Waals surface area contributed by atoms with Crippen molar-refractivity contribution in [2.24, 2.45) is 0 Å². The number of hydrogen-bond acceptors (Lipinski definition) is 3. The molecule has 1 amide bonds. The lowest BCUT2D eigenvalue weighted by atomic mass is 10.2. The molecule has 6 heteroatoms. The van der Waals surface area contributed by atoms with Crippen LogP contribution in [0.1, 0.15) is 5.56 Å². The van der Waals surface area contributed by atoms with Crippen molar-refractivity contribution in [1.82, 2.24) is 5.32 Å². The van der Waals surface area contributed by atoms with Gasteiger partial charge in [-0.1, -0.05) is 30.3 Å². The van der Waals surface area contributed by atoms with Crippen LogP contribution in [0.5, 0.6) is 11.5 Å². The summed E-state index contributed by atoms with van der Waals surface area (Å²) >= 11 is 0. The van der Waals surface area contributed by atoms with Gasteiger partial charge in [-0.15, -0.1) is 0 Å². The Labute approximate surface area is 138 Å². The van der Waals surface area contributed by atoms with Gasteiger partial charge in [0.2, 0.25) is 5.91 Å². The highest BCUT2D eigenvalue weighted by Gasteiger charge is 2.03. The second kappa shape index (κ2) is 9.29. The molecule has 2 aromatic rings. The van der Waals surface area contributed by atoms with Crippen LogP contribution in [0, 0.1) is 0 Å². The first-order valence-electron chi connectivity index (χ1n) is 7.32. The van der Waals surface area contributed by atoms with E-state index in [1.807, 2.05) is 30.3 Å². The Morgan fingerprint density at radius 1 is 1.04 bits per heavy atom. The summed E-state index contributed by atoms with van der Waals surface area (Å²) in [4.78, 5) is 11.7. The van der Waals surface area contributed by atoms with Gasteiger partial charge in [-0.05, 0) is 35.9 Å². The SMILES string of the molecule is O=C(/C=C/c1ccc(OC(F)F)cc1)NCCOc1ccccc1. The summed E-state index contributed by atoms with van der Waals surface area (Å²) in [5, 5.41) is 2.69. The summed E-state index contributed by atoms with van der Waals surface area (Å²) < 4.78 is 33.8. The molecule has 0 saturated heterocycles. The van der Waals surface area contributed by atoms with Gasteiger partial charge in [0, 0.05) is 6.08 Å². The van der Waals surface area contributed by atoms with Crippen molar-refractivity contribution in [2.45, 2.75) is 6.61 Å². The van der Waals surface area contributed by atoms with Crippen LogP contribution in [-0.4, -0.2) is 25.7 Å². The number of hydrogen-bond donors (Lipinski definition) is 1. The number of benzene rings is 2. The van der Waals surface area contributed by atoms with E-state index in [-0.39, 0.29) is 11.7 Å². The molecule has 24 heavy (non-hydrogen) atoms. The van der Waals surface area contributed by atoms with Gasteiger partial charge in [-0.3, -0.25) is 4.79 Å². The fraction of sp³-hybridized carbons (Fsp3) is 0.167. The zero-order chi connectivity index (χ0) is 17.2. The number of halogens is 2. The van der Waals surface area contributed by atoms with E-state index in [2.05, 4.69) is 10.1 Å². The van der Waals surface area contributed by atoms with Crippen molar-refractivity contribution >= 4 is 12.0 Å². The number of para-hydroxylation sites is 1. The molecule has 0 atom stereocenters. The quantitative estimate of drug-likeness (QED) is 0.594. The third-order valence-corrected chi connectivity index (χ3v) is 2.95. The summed E-state index contributed by atoms with van der Waals surface area (Å²) in [6.07, 6.45) is 2.95. The molecule has 1 N–H and O–H groups in total.